The van der Waals surface area contributed by atoms with Crippen molar-refractivity contribution < 1.29 is 8.42 Å². The summed E-state index contributed by atoms with van der Waals surface area (Å²) in [5.74, 6) is 0. The molecular weight excluding hydrogens is 370 g/mol. The standard InChI is InChI=1S/C19H16ClN3O2S/c1-12-3-5-15(6-4-12)26(24,25)23-13(2)9-16-18(23)8-7-17(20)19(16)14(10-21)11-22/h3-6,9,17H,7-8H2,1-2H3. The summed E-state index contributed by atoms with van der Waals surface area (Å²) in [5.41, 5.74) is 2.97. The van der Waals surface area contributed by atoms with Crippen molar-refractivity contribution in [2.45, 2.75) is 37.0 Å². The van der Waals surface area contributed by atoms with Crippen LogP contribution in [0, 0.1) is 36.5 Å². The predicted octanol–water partition coefficient (Wildman–Crippen LogP) is 3.70. The molecule has 0 radical (unpaired) electrons. The first-order chi connectivity index (χ1) is 12.3. The maximum absolute atomic E-state index is 13.2. The van der Waals surface area contributed by atoms with Gasteiger partial charge in [-0.05, 0) is 44.9 Å². The number of alkyl halides is 1. The van der Waals surface area contributed by atoms with Gasteiger partial charge in [0.05, 0.1) is 10.3 Å². The van der Waals surface area contributed by atoms with Crippen molar-refractivity contribution in [2.24, 2.45) is 0 Å². The van der Waals surface area contributed by atoms with Gasteiger partial charge in [-0.25, -0.2) is 12.4 Å². The Morgan fingerprint density at radius 2 is 1.81 bits per heavy atom. The van der Waals surface area contributed by atoms with Crippen molar-refractivity contribution in [3.05, 3.63) is 58.4 Å². The van der Waals surface area contributed by atoms with Crippen molar-refractivity contribution in [3.63, 3.8) is 0 Å². The number of nitrogens with zero attached hydrogens (tertiary/aromatic N) is 3. The van der Waals surface area contributed by atoms with Crippen molar-refractivity contribution in [1.82, 2.24) is 3.97 Å². The number of allylic oxidation sites excluding steroid dienone is 2. The molecule has 1 aliphatic carbocycles. The summed E-state index contributed by atoms with van der Waals surface area (Å²) >= 11 is 6.35. The number of halogens is 1. The van der Waals surface area contributed by atoms with E-state index in [4.69, 9.17) is 11.6 Å². The average Bonchev–Trinajstić information content (AvgIpc) is 2.94. The van der Waals surface area contributed by atoms with Gasteiger partial charge in [0.1, 0.15) is 17.7 Å². The van der Waals surface area contributed by atoms with Crippen LogP contribution in [0.4, 0.5) is 0 Å². The van der Waals surface area contributed by atoms with Crippen LogP contribution in [0.5, 0.6) is 0 Å². The third-order valence-electron chi connectivity index (χ3n) is 4.52. The average molecular weight is 386 g/mol. The maximum atomic E-state index is 13.2. The Morgan fingerprint density at radius 3 is 2.38 bits per heavy atom. The molecule has 1 unspecified atom stereocenters. The van der Waals surface area contributed by atoms with E-state index in [-0.39, 0.29) is 10.5 Å². The number of fused-ring (bicyclic) bond motifs is 1. The molecule has 132 valence electrons. The van der Waals surface area contributed by atoms with Crippen molar-refractivity contribution in [1.29, 1.82) is 10.5 Å². The molecule has 1 aromatic heterocycles. The number of hydrogen-bond acceptors (Lipinski definition) is 4. The predicted molar refractivity (Wildman–Crippen MR) is 99.0 cm³/mol. The number of nitriles is 2. The molecule has 2 aromatic rings. The van der Waals surface area contributed by atoms with Gasteiger partial charge in [0.15, 0.2) is 0 Å². The summed E-state index contributed by atoms with van der Waals surface area (Å²) < 4.78 is 27.7. The first kappa shape index (κ1) is 18.3. The summed E-state index contributed by atoms with van der Waals surface area (Å²) in [7, 11) is -3.78. The Hall–Kier alpha value is -2.54. The lowest BCUT2D eigenvalue weighted by Gasteiger charge is -2.23. The van der Waals surface area contributed by atoms with Gasteiger partial charge in [0.25, 0.3) is 10.0 Å². The minimum Gasteiger partial charge on any atom is -0.242 e. The second-order valence-corrected chi connectivity index (χ2v) is 8.56. The van der Waals surface area contributed by atoms with Crippen molar-refractivity contribution in [3.8, 4) is 12.1 Å². The quantitative estimate of drug-likeness (QED) is 0.582. The molecule has 26 heavy (non-hydrogen) atoms. The topological polar surface area (TPSA) is 86.7 Å². The molecule has 3 rings (SSSR count). The van der Waals surface area contributed by atoms with Crippen LogP contribution in [0.25, 0.3) is 5.57 Å². The third kappa shape index (κ3) is 2.82. The molecular formula is C19H16ClN3O2S. The SMILES string of the molecule is Cc1ccc(S(=O)(=O)n2c(C)cc3c2CCC(Cl)C3=C(C#N)C#N)cc1. The minimum atomic E-state index is -3.78. The van der Waals surface area contributed by atoms with Gasteiger partial charge in [-0.1, -0.05) is 17.7 Å². The van der Waals surface area contributed by atoms with E-state index in [0.29, 0.717) is 35.4 Å². The normalized spacial score (nSPS) is 16.5. The fourth-order valence-electron chi connectivity index (χ4n) is 3.31. The van der Waals surface area contributed by atoms with Crippen LogP contribution in [0.3, 0.4) is 0 Å². The molecule has 1 aliphatic rings. The molecule has 0 spiro atoms. The van der Waals surface area contributed by atoms with E-state index in [1.54, 1.807) is 37.3 Å². The Bertz CT molecular complexity index is 1080. The Morgan fingerprint density at radius 1 is 1.19 bits per heavy atom. The van der Waals surface area contributed by atoms with Crippen LogP contribution in [0.2, 0.25) is 0 Å². The highest BCUT2D eigenvalue weighted by Crippen LogP contribution is 2.39. The van der Waals surface area contributed by atoms with Gasteiger partial charge in [0.2, 0.25) is 0 Å². The van der Waals surface area contributed by atoms with E-state index in [9.17, 15) is 18.9 Å². The summed E-state index contributed by atoms with van der Waals surface area (Å²) in [6.07, 6.45) is 0.916. The Labute approximate surface area is 157 Å². The highest BCUT2D eigenvalue weighted by molar-refractivity contribution is 7.90. The first-order valence-corrected chi connectivity index (χ1v) is 9.91. The molecule has 0 aliphatic heterocycles. The number of benzene rings is 1. The molecule has 0 N–H and O–H groups in total. The first-order valence-electron chi connectivity index (χ1n) is 8.03. The van der Waals surface area contributed by atoms with Gasteiger partial charge < -0.3 is 0 Å². The zero-order valence-electron chi connectivity index (χ0n) is 14.3. The maximum Gasteiger partial charge on any atom is 0.268 e. The molecule has 5 nitrogen and oxygen atoms in total. The van der Waals surface area contributed by atoms with Gasteiger partial charge in [0, 0.05) is 22.5 Å². The summed E-state index contributed by atoms with van der Waals surface area (Å²) in [4.78, 5) is 0.198. The van der Waals surface area contributed by atoms with Crippen LogP contribution in [-0.2, 0) is 16.4 Å². The molecule has 0 amide bonds. The molecule has 7 heteroatoms. The van der Waals surface area contributed by atoms with E-state index in [0.717, 1.165) is 5.56 Å². The molecule has 0 fully saturated rings. The zero-order chi connectivity index (χ0) is 19.1. The molecule has 0 saturated heterocycles. The fraction of sp³-hybridized carbons (Fsp3) is 0.263. The molecule has 0 saturated carbocycles. The van der Waals surface area contributed by atoms with Gasteiger partial charge >= 0.3 is 0 Å². The molecule has 1 aromatic carbocycles. The summed E-state index contributed by atoms with van der Waals surface area (Å²) in [5, 5.41) is 18.0. The monoisotopic (exact) mass is 385 g/mol. The number of rotatable bonds is 2. The number of aromatic nitrogens is 1. The van der Waals surface area contributed by atoms with Crippen LogP contribution in [-0.4, -0.2) is 17.8 Å². The summed E-state index contributed by atoms with van der Waals surface area (Å²) in [6, 6.07) is 12.1. The number of hydrogen-bond donors (Lipinski definition) is 0. The Kier molecular flexibility index (Phi) is 4.66. The second-order valence-electron chi connectivity index (χ2n) is 6.25. The molecule has 0 bridgehead atoms. The van der Waals surface area contributed by atoms with E-state index in [2.05, 4.69) is 0 Å². The lowest BCUT2D eigenvalue weighted by molar-refractivity contribution is 0.582. The van der Waals surface area contributed by atoms with Gasteiger partial charge in [-0.2, -0.15) is 10.5 Å². The summed E-state index contributed by atoms with van der Waals surface area (Å²) in [6.45, 7) is 3.59. The van der Waals surface area contributed by atoms with Crippen LogP contribution in [0.1, 0.15) is 28.9 Å². The van der Waals surface area contributed by atoms with E-state index in [1.807, 2.05) is 19.1 Å². The van der Waals surface area contributed by atoms with Crippen molar-refractivity contribution in [2.75, 3.05) is 0 Å². The van der Waals surface area contributed by atoms with E-state index < -0.39 is 15.4 Å². The van der Waals surface area contributed by atoms with Gasteiger partial charge in [-0.15, -0.1) is 11.6 Å². The third-order valence-corrected chi connectivity index (χ3v) is 6.81. The van der Waals surface area contributed by atoms with E-state index in [1.165, 1.54) is 3.97 Å². The van der Waals surface area contributed by atoms with Crippen LogP contribution in [0.15, 0.2) is 40.8 Å². The highest BCUT2D eigenvalue weighted by Gasteiger charge is 2.33. The fourth-order valence-corrected chi connectivity index (χ4v) is 5.24. The highest BCUT2D eigenvalue weighted by atomic mass is 35.5. The van der Waals surface area contributed by atoms with Crippen LogP contribution >= 0.6 is 11.6 Å². The smallest absolute Gasteiger partial charge is 0.242 e. The minimum absolute atomic E-state index is 0.0733. The number of aryl methyl sites for hydroxylation is 2. The molecule has 1 atom stereocenters. The lowest BCUT2D eigenvalue weighted by Crippen LogP contribution is -2.21. The zero-order valence-corrected chi connectivity index (χ0v) is 15.9. The van der Waals surface area contributed by atoms with Gasteiger partial charge in [-0.3, -0.25) is 0 Å². The van der Waals surface area contributed by atoms with Crippen LogP contribution < -0.4 is 0 Å². The second kappa shape index (κ2) is 6.64. The molecule has 1 heterocycles. The van der Waals surface area contributed by atoms with E-state index >= 15 is 0 Å². The van der Waals surface area contributed by atoms with Crippen molar-refractivity contribution >= 4 is 27.2 Å². The lowest BCUT2D eigenvalue weighted by atomic mass is 9.89. The Balaban J connectivity index is 2.27. The largest absolute Gasteiger partial charge is 0.268 e.